The Morgan fingerprint density at radius 1 is 0.969 bits per heavy atom. The molecule has 2 aromatic heterocycles. The van der Waals surface area contributed by atoms with Gasteiger partial charge in [0.1, 0.15) is 5.00 Å². The van der Waals surface area contributed by atoms with Gasteiger partial charge >= 0.3 is 5.97 Å². The first-order valence-corrected chi connectivity index (χ1v) is 10.5. The number of ether oxygens (including phenoxy) is 1. The predicted molar refractivity (Wildman–Crippen MR) is 128 cm³/mol. The molecule has 0 spiro atoms. The number of hydrogen-bond acceptors (Lipinski definition) is 7. The Labute approximate surface area is 188 Å². The van der Waals surface area contributed by atoms with Crippen molar-refractivity contribution in [3.63, 3.8) is 0 Å². The molecular formula is C23H20N6O2S. The monoisotopic (exact) mass is 444 g/mol. The molecule has 4 N–H and O–H groups in total. The zero-order chi connectivity index (χ0) is 22.3. The molecule has 0 aliphatic heterocycles. The maximum absolute atomic E-state index is 11.9. The van der Waals surface area contributed by atoms with Crippen molar-refractivity contribution in [3.05, 3.63) is 83.7 Å². The van der Waals surface area contributed by atoms with E-state index in [0.717, 1.165) is 16.9 Å². The molecule has 2 aromatic carbocycles. The number of para-hydroxylation sites is 2. The molecule has 2 heterocycles. The van der Waals surface area contributed by atoms with Crippen LogP contribution in [0.1, 0.15) is 10.4 Å². The number of anilines is 3. The van der Waals surface area contributed by atoms with Gasteiger partial charge in [-0.25, -0.2) is 4.79 Å². The largest absolute Gasteiger partial charge is 0.465 e. The van der Waals surface area contributed by atoms with Gasteiger partial charge in [-0.1, -0.05) is 42.5 Å². The smallest absolute Gasteiger partial charge is 0.340 e. The van der Waals surface area contributed by atoms with Crippen molar-refractivity contribution in [2.45, 2.75) is 0 Å². The summed E-state index contributed by atoms with van der Waals surface area (Å²) in [6.07, 6.45) is 0. The molecule has 9 heteroatoms. The quantitative estimate of drug-likeness (QED) is 0.222. The van der Waals surface area contributed by atoms with Gasteiger partial charge in [-0.15, -0.1) is 21.5 Å². The first-order valence-electron chi connectivity index (χ1n) is 9.66. The molecule has 0 fully saturated rings. The molecule has 0 radical (unpaired) electrons. The minimum Gasteiger partial charge on any atom is -0.465 e. The van der Waals surface area contributed by atoms with Gasteiger partial charge in [0.2, 0.25) is 0 Å². The fourth-order valence-corrected chi connectivity index (χ4v) is 3.72. The van der Waals surface area contributed by atoms with Crippen LogP contribution in [0.25, 0.3) is 11.3 Å². The summed E-state index contributed by atoms with van der Waals surface area (Å²) in [6.45, 7) is 0. The van der Waals surface area contributed by atoms with Crippen molar-refractivity contribution >= 4 is 45.5 Å². The number of rotatable bonds is 6. The third kappa shape index (κ3) is 4.90. The van der Waals surface area contributed by atoms with Gasteiger partial charge in [0.15, 0.2) is 11.8 Å². The second-order valence-corrected chi connectivity index (χ2v) is 7.51. The number of carbonyl (C=O) groups is 1. The predicted octanol–water partition coefficient (Wildman–Crippen LogP) is 4.79. The zero-order valence-electron chi connectivity index (χ0n) is 17.1. The van der Waals surface area contributed by atoms with Gasteiger partial charge in [0, 0.05) is 5.56 Å². The highest BCUT2D eigenvalue weighted by atomic mass is 32.1. The number of nitrogens with two attached hydrogens (primary N) is 1. The Morgan fingerprint density at radius 3 is 2.44 bits per heavy atom. The van der Waals surface area contributed by atoms with E-state index in [1.807, 2.05) is 66.0 Å². The molecule has 0 amide bonds. The first kappa shape index (κ1) is 21.0. The van der Waals surface area contributed by atoms with Gasteiger partial charge in [-0.2, -0.15) is 4.99 Å². The number of aromatic nitrogens is 2. The van der Waals surface area contributed by atoms with Crippen molar-refractivity contribution in [2.24, 2.45) is 10.7 Å². The average Bonchev–Trinajstić information content (AvgIpc) is 3.29. The van der Waals surface area contributed by atoms with Crippen LogP contribution in [0.2, 0.25) is 0 Å². The maximum atomic E-state index is 11.9. The average molecular weight is 445 g/mol. The molecule has 0 bridgehead atoms. The number of guanidine groups is 1. The van der Waals surface area contributed by atoms with E-state index in [2.05, 4.69) is 25.8 Å². The fourth-order valence-electron chi connectivity index (χ4n) is 2.94. The Hall–Kier alpha value is -4.24. The van der Waals surface area contributed by atoms with Crippen LogP contribution in [-0.4, -0.2) is 29.2 Å². The third-order valence-electron chi connectivity index (χ3n) is 4.46. The lowest BCUT2D eigenvalue weighted by molar-refractivity contribution is 0.0602. The normalized spacial score (nSPS) is 11.1. The van der Waals surface area contributed by atoms with Crippen molar-refractivity contribution in [3.8, 4) is 11.3 Å². The summed E-state index contributed by atoms with van der Waals surface area (Å²) in [5, 5.41) is 17.2. The number of aliphatic imine (C=N–C) groups is 1. The summed E-state index contributed by atoms with van der Waals surface area (Å²) in [6, 6.07) is 22.5. The molecule has 32 heavy (non-hydrogen) atoms. The number of benzene rings is 2. The molecule has 8 nitrogen and oxygen atoms in total. The van der Waals surface area contributed by atoms with Crippen LogP contribution < -0.4 is 16.4 Å². The fraction of sp³-hybridized carbons (Fsp3) is 0.0435. The van der Waals surface area contributed by atoms with Crippen molar-refractivity contribution in [1.82, 2.24) is 10.2 Å². The summed E-state index contributed by atoms with van der Waals surface area (Å²) in [5.41, 5.74) is 9.70. The lowest BCUT2D eigenvalue weighted by Gasteiger charge is -2.13. The van der Waals surface area contributed by atoms with E-state index < -0.39 is 5.97 Å². The second-order valence-electron chi connectivity index (χ2n) is 6.59. The minimum atomic E-state index is -0.405. The summed E-state index contributed by atoms with van der Waals surface area (Å²) in [7, 11) is 1.35. The molecule has 4 rings (SSSR count). The van der Waals surface area contributed by atoms with E-state index in [1.165, 1.54) is 18.4 Å². The van der Waals surface area contributed by atoms with Crippen LogP contribution in [0.5, 0.6) is 0 Å². The van der Waals surface area contributed by atoms with Gasteiger partial charge in [0.25, 0.3) is 0 Å². The van der Waals surface area contributed by atoms with E-state index in [1.54, 1.807) is 12.1 Å². The molecule has 0 atom stereocenters. The van der Waals surface area contributed by atoms with Crippen LogP contribution in [0.4, 0.5) is 22.2 Å². The number of nitrogens with zero attached hydrogens (tertiary/aromatic N) is 3. The Balaban J connectivity index is 1.50. The summed E-state index contributed by atoms with van der Waals surface area (Å²) >= 11 is 1.40. The minimum absolute atomic E-state index is 0.153. The van der Waals surface area contributed by atoms with Crippen LogP contribution in [0, 0.1) is 0 Å². The Kier molecular flexibility index (Phi) is 6.38. The van der Waals surface area contributed by atoms with Gasteiger partial charge in [0.05, 0.1) is 29.7 Å². The van der Waals surface area contributed by atoms with Crippen molar-refractivity contribution in [2.75, 3.05) is 17.7 Å². The number of hydrogen-bond donors (Lipinski definition) is 3. The molecule has 160 valence electrons. The SMILES string of the molecule is COC(=O)c1ccsc1Nc1ccccc1NC(N)=Nc1ccc(-c2ccccc2)nn1. The second kappa shape index (κ2) is 9.71. The highest BCUT2D eigenvalue weighted by Crippen LogP contribution is 2.31. The van der Waals surface area contributed by atoms with E-state index in [-0.39, 0.29) is 5.96 Å². The number of carbonyl (C=O) groups excluding carboxylic acids is 1. The lowest BCUT2D eigenvalue weighted by atomic mass is 10.1. The van der Waals surface area contributed by atoms with Crippen LogP contribution in [0.3, 0.4) is 0 Å². The number of esters is 1. The van der Waals surface area contributed by atoms with Gasteiger partial charge in [-0.05, 0) is 35.7 Å². The molecule has 0 aliphatic rings. The van der Waals surface area contributed by atoms with Crippen LogP contribution >= 0.6 is 11.3 Å². The maximum Gasteiger partial charge on any atom is 0.340 e. The van der Waals surface area contributed by atoms with E-state index in [4.69, 9.17) is 10.5 Å². The first-order chi connectivity index (χ1) is 15.6. The summed E-state index contributed by atoms with van der Waals surface area (Å²) in [4.78, 5) is 16.2. The standard InChI is InChI=1S/C23H20N6O2S/c1-31-22(30)16-13-14-32-21(16)25-18-9-5-6-10-19(18)26-23(24)27-20-12-11-17(28-29-20)15-7-3-2-4-8-15/h2-14,25H,1H3,(H3,24,26,27,29). The molecule has 0 saturated carbocycles. The van der Waals surface area contributed by atoms with Gasteiger partial charge in [-0.3, -0.25) is 0 Å². The number of thiophene rings is 1. The Morgan fingerprint density at radius 2 is 1.72 bits per heavy atom. The molecule has 0 unspecified atom stereocenters. The van der Waals surface area contributed by atoms with Gasteiger partial charge < -0.3 is 21.1 Å². The zero-order valence-corrected chi connectivity index (χ0v) is 18.0. The Bertz CT molecular complexity index is 1240. The van der Waals surface area contributed by atoms with Crippen LogP contribution in [0.15, 0.2) is 83.2 Å². The van der Waals surface area contributed by atoms with Crippen molar-refractivity contribution < 1.29 is 9.53 Å². The highest BCUT2D eigenvalue weighted by molar-refractivity contribution is 7.14. The molecule has 0 aliphatic carbocycles. The highest BCUT2D eigenvalue weighted by Gasteiger charge is 2.14. The number of nitrogens with one attached hydrogen (secondary N) is 2. The summed E-state index contributed by atoms with van der Waals surface area (Å²) < 4.78 is 4.83. The molecule has 0 saturated heterocycles. The number of methoxy groups -OCH3 is 1. The van der Waals surface area contributed by atoms with E-state index >= 15 is 0 Å². The van der Waals surface area contributed by atoms with Crippen molar-refractivity contribution in [1.29, 1.82) is 0 Å². The lowest BCUT2D eigenvalue weighted by Crippen LogP contribution is -2.22. The molecule has 4 aromatic rings. The topological polar surface area (TPSA) is 115 Å². The summed E-state index contributed by atoms with van der Waals surface area (Å²) in [5.74, 6) is 0.129. The van der Waals surface area contributed by atoms with Crippen LogP contribution in [-0.2, 0) is 4.74 Å². The molecular weight excluding hydrogens is 424 g/mol. The third-order valence-corrected chi connectivity index (χ3v) is 5.29. The van der Waals surface area contributed by atoms with E-state index in [9.17, 15) is 4.79 Å². The van der Waals surface area contributed by atoms with E-state index in [0.29, 0.717) is 22.1 Å².